The summed E-state index contributed by atoms with van der Waals surface area (Å²) in [6, 6.07) is 6.34. The number of aromatic carboxylic acids is 1. The van der Waals surface area contributed by atoms with Gasteiger partial charge in [0.1, 0.15) is 5.56 Å². The highest BCUT2D eigenvalue weighted by molar-refractivity contribution is 5.87. The van der Waals surface area contributed by atoms with E-state index in [1.54, 1.807) is 0 Å². The van der Waals surface area contributed by atoms with Crippen LogP contribution in [0.5, 0.6) is 0 Å². The number of carboxylic acids is 1. The van der Waals surface area contributed by atoms with Crippen molar-refractivity contribution in [3.8, 4) is 5.69 Å². The van der Waals surface area contributed by atoms with Gasteiger partial charge in [0.25, 0.3) is 5.56 Å². The van der Waals surface area contributed by atoms with E-state index in [4.69, 9.17) is 4.42 Å². The van der Waals surface area contributed by atoms with Crippen LogP contribution in [0.1, 0.15) is 40.0 Å². The van der Waals surface area contributed by atoms with E-state index in [0.717, 1.165) is 22.9 Å². The predicted molar refractivity (Wildman–Crippen MR) is 118 cm³/mol. The van der Waals surface area contributed by atoms with Gasteiger partial charge in [-0.15, -0.1) is 0 Å². The molecule has 4 rings (SSSR count). The topological polar surface area (TPSA) is 116 Å². The lowest BCUT2D eigenvalue weighted by Gasteiger charge is -2.21. The molecule has 0 aliphatic carbocycles. The largest absolute Gasteiger partial charge is 0.477 e. The fraction of sp³-hybridized carbons (Fsp3) is 0.217. The monoisotopic (exact) mass is 489 g/mol. The maximum absolute atomic E-state index is 13.4. The van der Waals surface area contributed by atoms with E-state index >= 15 is 0 Å². The lowest BCUT2D eigenvalue weighted by atomic mass is 9.97. The molecule has 182 valence electrons. The fourth-order valence-electron chi connectivity index (χ4n) is 4.07. The molecule has 0 radical (unpaired) electrons. The molecule has 35 heavy (non-hydrogen) atoms. The van der Waals surface area contributed by atoms with E-state index in [-0.39, 0.29) is 22.4 Å². The van der Waals surface area contributed by atoms with Crippen LogP contribution in [0.25, 0.3) is 16.8 Å². The molecule has 4 aromatic rings. The Morgan fingerprint density at radius 3 is 2.43 bits per heavy atom. The molecule has 0 fully saturated rings. The highest BCUT2D eigenvalue weighted by Crippen LogP contribution is 2.34. The lowest BCUT2D eigenvalue weighted by Crippen LogP contribution is -2.43. The number of rotatable bonds is 4. The Morgan fingerprint density at radius 1 is 1.11 bits per heavy atom. The summed E-state index contributed by atoms with van der Waals surface area (Å²) in [5, 5.41) is 9.58. The second-order valence-electron chi connectivity index (χ2n) is 7.95. The summed E-state index contributed by atoms with van der Waals surface area (Å²) in [6.07, 6.45) is -3.83. The van der Waals surface area contributed by atoms with Gasteiger partial charge in [-0.1, -0.05) is 12.1 Å². The second kappa shape index (κ2) is 8.15. The van der Waals surface area contributed by atoms with Crippen molar-refractivity contribution in [2.45, 2.75) is 26.1 Å². The zero-order chi connectivity index (χ0) is 25.8. The van der Waals surface area contributed by atoms with Crippen LogP contribution >= 0.6 is 0 Å². The van der Waals surface area contributed by atoms with Crippen LogP contribution in [0.4, 0.5) is 13.2 Å². The summed E-state index contributed by atoms with van der Waals surface area (Å²) in [7, 11) is 1.47. The first-order valence-corrected chi connectivity index (χ1v) is 10.2. The number of carboxylic acid groups (broad SMARTS) is 1. The molecule has 12 heteroatoms. The van der Waals surface area contributed by atoms with Gasteiger partial charge in [-0.3, -0.25) is 18.5 Å². The molecule has 0 aliphatic rings. The Morgan fingerprint density at radius 2 is 1.80 bits per heavy atom. The quantitative estimate of drug-likeness (QED) is 0.471. The minimum absolute atomic E-state index is 0.0256. The third-order valence-electron chi connectivity index (χ3n) is 5.92. The number of halogens is 3. The Labute approximate surface area is 193 Å². The first kappa shape index (κ1) is 23.8. The highest BCUT2D eigenvalue weighted by Gasteiger charge is 2.34. The van der Waals surface area contributed by atoms with Gasteiger partial charge in [0.2, 0.25) is 0 Å². The van der Waals surface area contributed by atoms with Crippen LogP contribution in [0.3, 0.4) is 0 Å². The summed E-state index contributed by atoms with van der Waals surface area (Å²) in [6.45, 7) is 2.55. The zero-order valence-electron chi connectivity index (χ0n) is 18.6. The van der Waals surface area contributed by atoms with Crippen LogP contribution < -0.4 is 17.0 Å². The van der Waals surface area contributed by atoms with E-state index in [0.29, 0.717) is 10.1 Å². The molecular formula is C23H18F3N3O6. The van der Waals surface area contributed by atoms with Gasteiger partial charge < -0.3 is 9.52 Å². The van der Waals surface area contributed by atoms with Crippen LogP contribution in [-0.2, 0) is 13.2 Å². The molecule has 1 N–H and O–H groups in total. The average molecular weight is 489 g/mol. The van der Waals surface area contributed by atoms with Crippen molar-refractivity contribution in [2.75, 3.05) is 0 Å². The first-order chi connectivity index (χ1) is 16.3. The van der Waals surface area contributed by atoms with Gasteiger partial charge in [0.15, 0.2) is 5.58 Å². The molecule has 2 aromatic heterocycles. The molecule has 2 heterocycles. The van der Waals surface area contributed by atoms with Crippen molar-refractivity contribution in [3.05, 3.63) is 96.2 Å². The number of alkyl halides is 3. The highest BCUT2D eigenvalue weighted by atomic mass is 19.4. The third-order valence-corrected chi connectivity index (χ3v) is 5.92. The van der Waals surface area contributed by atoms with Crippen LogP contribution in [0.15, 0.2) is 61.4 Å². The molecule has 0 amide bonds. The van der Waals surface area contributed by atoms with Gasteiger partial charge in [0, 0.05) is 19.3 Å². The van der Waals surface area contributed by atoms with E-state index in [1.165, 1.54) is 49.7 Å². The molecule has 0 unspecified atom stereocenters. The summed E-state index contributed by atoms with van der Waals surface area (Å²) >= 11 is 0. The van der Waals surface area contributed by atoms with Crippen LogP contribution in [-0.4, -0.2) is 24.8 Å². The maximum Gasteiger partial charge on any atom is 0.419 e. The van der Waals surface area contributed by atoms with Crippen LogP contribution in [0.2, 0.25) is 0 Å². The molecule has 2 aromatic carbocycles. The molecular weight excluding hydrogens is 471 g/mol. The molecule has 0 bridgehead atoms. The summed E-state index contributed by atoms with van der Waals surface area (Å²) in [4.78, 5) is 50.0. The lowest BCUT2D eigenvalue weighted by molar-refractivity contribution is -0.138. The van der Waals surface area contributed by atoms with Crippen molar-refractivity contribution in [3.63, 3.8) is 0 Å². The standard InChI is InChI=1S/C23H18F3N3O6/c1-11-14(5-4-6-16(11)23(24,25)26)12(2)29-19(30)15(20(31)32)10-28(21(29)33)13-7-8-17-18(9-13)35-22(34)27(17)3/h4-10,12H,1-3H3,(H,31,32)/t12-/m1/s1. The number of carbonyl (C=O) groups is 1. The van der Waals surface area contributed by atoms with Gasteiger partial charge in [-0.2, -0.15) is 13.2 Å². The summed E-state index contributed by atoms with van der Waals surface area (Å²) < 4.78 is 48.1. The van der Waals surface area contributed by atoms with Crippen molar-refractivity contribution in [2.24, 2.45) is 7.05 Å². The van der Waals surface area contributed by atoms with E-state index in [1.807, 2.05) is 0 Å². The van der Waals surface area contributed by atoms with E-state index < -0.39 is 46.3 Å². The number of hydrogen-bond donors (Lipinski definition) is 1. The minimum Gasteiger partial charge on any atom is -0.477 e. The average Bonchev–Trinajstić information content (AvgIpc) is 3.05. The summed E-state index contributed by atoms with van der Waals surface area (Å²) in [5.74, 6) is -2.29. The van der Waals surface area contributed by atoms with Gasteiger partial charge in [-0.25, -0.2) is 14.4 Å². The van der Waals surface area contributed by atoms with Gasteiger partial charge in [-0.05, 0) is 43.2 Å². The maximum atomic E-state index is 13.4. The minimum atomic E-state index is -4.66. The van der Waals surface area contributed by atoms with Crippen molar-refractivity contribution in [1.82, 2.24) is 13.7 Å². The number of aryl methyl sites for hydroxylation is 1. The summed E-state index contributed by atoms with van der Waals surface area (Å²) in [5.41, 5.74) is -3.43. The predicted octanol–water partition coefficient (Wildman–Crippen LogP) is 3.08. The Kier molecular flexibility index (Phi) is 5.54. The molecule has 9 nitrogen and oxygen atoms in total. The normalized spacial score (nSPS) is 12.7. The van der Waals surface area contributed by atoms with Crippen molar-refractivity contribution >= 4 is 17.1 Å². The number of fused-ring (bicyclic) bond motifs is 1. The van der Waals surface area contributed by atoms with Crippen molar-refractivity contribution < 1.29 is 27.5 Å². The van der Waals surface area contributed by atoms with E-state index in [9.17, 15) is 37.5 Å². The smallest absolute Gasteiger partial charge is 0.419 e. The molecule has 1 atom stereocenters. The van der Waals surface area contributed by atoms with Gasteiger partial charge in [0.05, 0.1) is 22.8 Å². The van der Waals surface area contributed by atoms with Gasteiger partial charge >= 0.3 is 23.6 Å². The third kappa shape index (κ3) is 3.86. The molecule has 0 saturated carbocycles. The van der Waals surface area contributed by atoms with E-state index in [2.05, 4.69) is 0 Å². The number of aromatic nitrogens is 3. The zero-order valence-corrected chi connectivity index (χ0v) is 18.6. The SMILES string of the molecule is Cc1c([C@@H](C)n2c(=O)c(C(=O)O)cn(-c3ccc4c(c3)oc(=O)n4C)c2=O)cccc1C(F)(F)F. The Hall–Kier alpha value is -4.35. The number of benzene rings is 2. The Balaban J connectivity index is 1.99. The Bertz CT molecular complexity index is 1670. The number of hydrogen-bond acceptors (Lipinski definition) is 5. The van der Waals surface area contributed by atoms with Crippen LogP contribution in [0, 0.1) is 6.92 Å². The first-order valence-electron chi connectivity index (χ1n) is 10.2. The second-order valence-corrected chi connectivity index (χ2v) is 7.95. The number of oxazole rings is 1. The van der Waals surface area contributed by atoms with Crippen molar-refractivity contribution in [1.29, 1.82) is 0 Å². The number of nitrogens with zero attached hydrogens (tertiary/aromatic N) is 3. The molecule has 0 aliphatic heterocycles. The fourth-order valence-corrected chi connectivity index (χ4v) is 4.07. The molecule has 0 spiro atoms. The molecule has 0 saturated heterocycles.